The van der Waals surface area contributed by atoms with Crippen LogP contribution in [-0.2, 0) is 7.05 Å². The van der Waals surface area contributed by atoms with Crippen molar-refractivity contribution in [1.82, 2.24) is 9.78 Å². The minimum atomic E-state index is -1.28. The van der Waals surface area contributed by atoms with E-state index in [4.69, 9.17) is 5.11 Å². The molecule has 0 amide bonds. The van der Waals surface area contributed by atoms with Gasteiger partial charge in [0.25, 0.3) is 0 Å². The van der Waals surface area contributed by atoms with E-state index in [2.05, 4.69) is 5.10 Å². The van der Waals surface area contributed by atoms with Crippen LogP contribution in [0.2, 0.25) is 0 Å². The van der Waals surface area contributed by atoms with Crippen molar-refractivity contribution in [1.29, 1.82) is 0 Å². The van der Waals surface area contributed by atoms with Crippen LogP contribution in [0.3, 0.4) is 0 Å². The molecule has 2 aromatic rings. The van der Waals surface area contributed by atoms with E-state index in [0.717, 1.165) is 6.07 Å². The first-order valence-corrected chi connectivity index (χ1v) is 4.61. The summed E-state index contributed by atoms with van der Waals surface area (Å²) in [6, 6.07) is 5.80. The van der Waals surface area contributed by atoms with Gasteiger partial charge in [0.1, 0.15) is 11.4 Å². The Hall–Kier alpha value is -2.17. The highest BCUT2D eigenvalue weighted by molar-refractivity contribution is 5.95. The number of benzene rings is 1. The zero-order valence-corrected chi connectivity index (χ0v) is 8.51. The summed E-state index contributed by atoms with van der Waals surface area (Å²) < 4.78 is 14.9. The summed E-state index contributed by atoms with van der Waals surface area (Å²) in [6.45, 7) is 0. The van der Waals surface area contributed by atoms with Crippen LogP contribution in [-0.4, -0.2) is 20.9 Å². The van der Waals surface area contributed by atoms with E-state index in [1.807, 2.05) is 0 Å². The first-order valence-electron chi connectivity index (χ1n) is 4.61. The van der Waals surface area contributed by atoms with E-state index in [0.29, 0.717) is 11.3 Å². The first kappa shape index (κ1) is 10.4. The summed E-state index contributed by atoms with van der Waals surface area (Å²) in [6.07, 6.45) is 1.53. The number of aromatic carboxylic acids is 1. The van der Waals surface area contributed by atoms with Crippen LogP contribution in [0.4, 0.5) is 4.39 Å². The minimum absolute atomic E-state index is 0.326. The van der Waals surface area contributed by atoms with Crippen molar-refractivity contribution >= 4 is 5.97 Å². The molecule has 2 rings (SSSR count). The van der Waals surface area contributed by atoms with Gasteiger partial charge in [0.2, 0.25) is 0 Å². The van der Waals surface area contributed by atoms with Crippen molar-refractivity contribution in [3.8, 4) is 11.3 Å². The molecule has 0 fully saturated rings. The first-order chi connectivity index (χ1) is 7.61. The Bertz CT molecular complexity index is 549. The lowest BCUT2D eigenvalue weighted by Crippen LogP contribution is -2.05. The second kappa shape index (κ2) is 3.77. The highest BCUT2D eigenvalue weighted by Gasteiger charge is 2.18. The fraction of sp³-hybridized carbons (Fsp3) is 0.0909. The molecule has 4 nitrogen and oxygen atoms in total. The van der Waals surface area contributed by atoms with Crippen molar-refractivity contribution in [2.75, 3.05) is 0 Å². The van der Waals surface area contributed by atoms with Gasteiger partial charge in [-0.25, -0.2) is 9.18 Å². The van der Waals surface area contributed by atoms with Gasteiger partial charge in [-0.3, -0.25) is 4.68 Å². The predicted octanol–water partition coefficient (Wildman–Crippen LogP) is 1.92. The fourth-order valence-electron chi connectivity index (χ4n) is 1.59. The normalized spacial score (nSPS) is 10.4. The maximum atomic E-state index is 13.4. The molecule has 0 radical (unpaired) electrons. The number of hydrogen-bond donors (Lipinski definition) is 1. The van der Waals surface area contributed by atoms with Crippen LogP contribution in [0, 0.1) is 5.82 Å². The number of aryl methyl sites for hydroxylation is 1. The summed E-state index contributed by atoms with van der Waals surface area (Å²) >= 11 is 0. The molecule has 0 unspecified atom stereocenters. The summed E-state index contributed by atoms with van der Waals surface area (Å²) in [5.74, 6) is -2.03. The van der Waals surface area contributed by atoms with Crippen LogP contribution >= 0.6 is 0 Å². The third-order valence-corrected chi connectivity index (χ3v) is 2.32. The summed E-state index contributed by atoms with van der Waals surface area (Å²) in [7, 11) is 1.67. The highest BCUT2D eigenvalue weighted by Crippen LogP contribution is 2.24. The molecule has 0 aliphatic carbocycles. The number of halogens is 1. The van der Waals surface area contributed by atoms with E-state index in [9.17, 15) is 9.18 Å². The van der Waals surface area contributed by atoms with Crippen LogP contribution in [0.25, 0.3) is 11.3 Å². The molecule has 0 bridgehead atoms. The van der Waals surface area contributed by atoms with Crippen molar-refractivity contribution in [3.63, 3.8) is 0 Å². The number of hydrogen-bond acceptors (Lipinski definition) is 2. The molecule has 1 N–H and O–H groups in total. The number of carbonyl (C=O) groups is 1. The summed E-state index contributed by atoms with van der Waals surface area (Å²) in [4.78, 5) is 11.0. The molecule has 0 saturated heterocycles. The molecule has 1 aromatic heterocycles. The van der Waals surface area contributed by atoms with Crippen molar-refractivity contribution in [2.24, 2.45) is 7.05 Å². The second-order valence-corrected chi connectivity index (χ2v) is 3.31. The Kier molecular flexibility index (Phi) is 2.44. The van der Waals surface area contributed by atoms with E-state index in [-0.39, 0.29) is 5.56 Å². The Labute approximate surface area is 90.9 Å². The number of carboxylic acids is 1. The number of carboxylic acid groups (broad SMARTS) is 1. The molecule has 1 aromatic carbocycles. The van der Waals surface area contributed by atoms with Crippen LogP contribution in [0.1, 0.15) is 10.4 Å². The maximum absolute atomic E-state index is 13.4. The molecule has 1 heterocycles. The molecule has 16 heavy (non-hydrogen) atoms. The van der Waals surface area contributed by atoms with E-state index >= 15 is 0 Å². The van der Waals surface area contributed by atoms with Gasteiger partial charge < -0.3 is 5.11 Å². The van der Waals surface area contributed by atoms with Gasteiger partial charge in [0.05, 0.1) is 5.69 Å². The third kappa shape index (κ3) is 1.56. The average Bonchev–Trinajstić information content (AvgIpc) is 2.63. The molecular weight excluding hydrogens is 211 g/mol. The Balaban J connectivity index is 2.70. The lowest BCUT2D eigenvalue weighted by molar-refractivity contribution is 0.0693. The predicted molar refractivity (Wildman–Crippen MR) is 55.6 cm³/mol. The molecule has 0 atom stereocenters. The van der Waals surface area contributed by atoms with E-state index in [1.54, 1.807) is 19.2 Å². The molecule has 5 heteroatoms. The van der Waals surface area contributed by atoms with Gasteiger partial charge in [-0.2, -0.15) is 5.10 Å². The molecule has 82 valence electrons. The topological polar surface area (TPSA) is 55.1 Å². The number of nitrogens with zero attached hydrogens (tertiary/aromatic N) is 2. The second-order valence-electron chi connectivity index (χ2n) is 3.31. The summed E-state index contributed by atoms with van der Waals surface area (Å²) in [5, 5.41) is 12.9. The van der Waals surface area contributed by atoms with Gasteiger partial charge >= 0.3 is 5.97 Å². The van der Waals surface area contributed by atoms with E-state index < -0.39 is 11.8 Å². The third-order valence-electron chi connectivity index (χ3n) is 2.32. The fourth-order valence-corrected chi connectivity index (χ4v) is 1.59. The number of aromatic nitrogens is 2. The zero-order valence-electron chi connectivity index (χ0n) is 8.51. The standard InChI is InChI=1S/C11H9FN2O2/c1-14-9(5-6-13-14)7-3-2-4-8(12)10(7)11(15)16/h2-6H,1H3,(H,15,16). The van der Waals surface area contributed by atoms with E-state index in [1.165, 1.54) is 16.9 Å². The lowest BCUT2D eigenvalue weighted by atomic mass is 10.0. The SMILES string of the molecule is Cn1nccc1-c1cccc(F)c1C(=O)O. The maximum Gasteiger partial charge on any atom is 0.339 e. The molecule has 0 saturated carbocycles. The quantitative estimate of drug-likeness (QED) is 0.841. The lowest BCUT2D eigenvalue weighted by Gasteiger charge is -2.06. The Morgan fingerprint density at radius 3 is 2.75 bits per heavy atom. The highest BCUT2D eigenvalue weighted by atomic mass is 19.1. The monoisotopic (exact) mass is 220 g/mol. The molecule has 0 aliphatic rings. The van der Waals surface area contributed by atoms with Gasteiger partial charge in [-0.05, 0) is 12.1 Å². The van der Waals surface area contributed by atoms with Gasteiger partial charge in [-0.15, -0.1) is 0 Å². The average molecular weight is 220 g/mol. The zero-order chi connectivity index (χ0) is 11.7. The van der Waals surface area contributed by atoms with Crippen LogP contribution in [0.5, 0.6) is 0 Å². The molecule has 0 spiro atoms. The Morgan fingerprint density at radius 2 is 2.19 bits per heavy atom. The van der Waals surface area contributed by atoms with Crippen molar-refractivity contribution < 1.29 is 14.3 Å². The Morgan fingerprint density at radius 1 is 1.44 bits per heavy atom. The largest absolute Gasteiger partial charge is 0.478 e. The minimum Gasteiger partial charge on any atom is -0.478 e. The van der Waals surface area contributed by atoms with Gasteiger partial charge in [0, 0.05) is 18.8 Å². The number of rotatable bonds is 2. The summed E-state index contributed by atoms with van der Waals surface area (Å²) in [5.41, 5.74) is 0.565. The smallest absolute Gasteiger partial charge is 0.339 e. The van der Waals surface area contributed by atoms with Crippen molar-refractivity contribution in [3.05, 3.63) is 41.8 Å². The van der Waals surface area contributed by atoms with Crippen LogP contribution < -0.4 is 0 Å². The van der Waals surface area contributed by atoms with Gasteiger partial charge in [0.15, 0.2) is 0 Å². The molecule has 0 aliphatic heterocycles. The van der Waals surface area contributed by atoms with Crippen molar-refractivity contribution in [2.45, 2.75) is 0 Å². The van der Waals surface area contributed by atoms with Crippen LogP contribution in [0.15, 0.2) is 30.5 Å². The molecular formula is C11H9FN2O2. The van der Waals surface area contributed by atoms with Gasteiger partial charge in [-0.1, -0.05) is 12.1 Å².